The number of alkyl halides is 3. The lowest BCUT2D eigenvalue weighted by atomic mass is 10.1. The molecule has 0 radical (unpaired) electrons. The molecule has 33 heavy (non-hydrogen) atoms. The van der Waals surface area contributed by atoms with E-state index in [1.807, 2.05) is 0 Å². The maximum atomic E-state index is 13.7. The normalized spacial score (nSPS) is 18.6. The highest BCUT2D eigenvalue weighted by Gasteiger charge is 2.38. The van der Waals surface area contributed by atoms with Crippen LogP contribution in [0.3, 0.4) is 0 Å². The number of ether oxygens (including phenoxy) is 1. The number of benzene rings is 1. The van der Waals surface area contributed by atoms with E-state index in [2.05, 4.69) is 17.1 Å². The van der Waals surface area contributed by atoms with Gasteiger partial charge >= 0.3 is 6.18 Å². The third-order valence-corrected chi connectivity index (χ3v) is 5.61. The number of halogens is 3. The number of aromatic nitrogens is 2. The highest BCUT2D eigenvalue weighted by atomic mass is 19.4. The van der Waals surface area contributed by atoms with Gasteiger partial charge < -0.3 is 25.0 Å². The molecule has 11 heteroatoms. The summed E-state index contributed by atoms with van der Waals surface area (Å²) < 4.78 is 51.7. The van der Waals surface area contributed by atoms with E-state index in [4.69, 9.17) is 20.4 Å². The van der Waals surface area contributed by atoms with Crippen molar-refractivity contribution in [3.63, 3.8) is 0 Å². The molecule has 1 aromatic carbocycles. The zero-order valence-corrected chi connectivity index (χ0v) is 18.6. The number of nitrogens with zero attached hydrogens (tertiary/aromatic N) is 3. The smallest absolute Gasteiger partial charge is 0.419 e. The molecule has 2 aromatic rings. The topological polar surface area (TPSA) is 121 Å². The Morgan fingerprint density at radius 1 is 1.27 bits per heavy atom. The largest absolute Gasteiger partial charge is 0.493 e. The number of rotatable bonds is 10. The average Bonchev–Trinajstić information content (AvgIpc) is 3.39. The van der Waals surface area contributed by atoms with E-state index in [1.54, 1.807) is 0 Å². The molecule has 4 N–H and O–H groups in total. The summed E-state index contributed by atoms with van der Waals surface area (Å²) in [7, 11) is 0. The number of hydrogen-bond acceptors (Lipinski definition) is 6. The van der Waals surface area contributed by atoms with Gasteiger partial charge in [0.05, 0.1) is 18.3 Å². The van der Waals surface area contributed by atoms with Crippen molar-refractivity contribution in [1.29, 1.82) is 5.41 Å². The van der Waals surface area contributed by atoms with E-state index in [0.717, 1.165) is 38.2 Å². The fraction of sp³-hybridized carbons (Fsp3) is 0.591. The Kier molecular flexibility index (Phi) is 8.17. The Bertz CT molecular complexity index is 934. The lowest BCUT2D eigenvalue weighted by Crippen LogP contribution is -2.36. The molecule has 1 aliphatic heterocycles. The van der Waals surface area contributed by atoms with Gasteiger partial charge in [-0.2, -0.15) is 18.2 Å². The Hall–Kier alpha value is -2.82. The first-order chi connectivity index (χ1) is 15.7. The Morgan fingerprint density at radius 3 is 2.70 bits per heavy atom. The van der Waals surface area contributed by atoms with Gasteiger partial charge in [0.15, 0.2) is 5.96 Å². The monoisotopic (exact) mass is 469 g/mol. The molecule has 2 atom stereocenters. The second kappa shape index (κ2) is 10.9. The minimum Gasteiger partial charge on any atom is -0.493 e. The van der Waals surface area contributed by atoms with Crippen LogP contribution in [-0.2, 0) is 6.18 Å². The van der Waals surface area contributed by atoms with Crippen molar-refractivity contribution in [2.24, 2.45) is 5.73 Å². The summed E-state index contributed by atoms with van der Waals surface area (Å²) in [5.41, 5.74) is 4.76. The van der Waals surface area contributed by atoms with Gasteiger partial charge in [0.1, 0.15) is 11.8 Å². The summed E-state index contributed by atoms with van der Waals surface area (Å²) in [5, 5.41) is 21.3. The summed E-state index contributed by atoms with van der Waals surface area (Å²) in [6, 6.07) is 3.05. The molecule has 0 aliphatic carbocycles. The second-order valence-corrected chi connectivity index (χ2v) is 8.22. The molecule has 0 bridgehead atoms. The zero-order chi connectivity index (χ0) is 24.0. The fourth-order valence-electron chi connectivity index (χ4n) is 3.88. The van der Waals surface area contributed by atoms with Gasteiger partial charge in [-0.1, -0.05) is 44.2 Å². The number of nitrogens with two attached hydrogens (primary N) is 1. The molecule has 3 rings (SSSR count). The van der Waals surface area contributed by atoms with E-state index in [1.165, 1.54) is 17.0 Å². The minimum absolute atomic E-state index is 0.0251. The summed E-state index contributed by atoms with van der Waals surface area (Å²) in [5.74, 6) is -0.440. The molecule has 0 amide bonds. The number of β-amino-alcohol motifs (C(OH)–C–C–N with tert-alkyl or cyclic N) is 1. The standard InChI is InChI=1S/C22H30F3N5O3/c1-2-3-4-5-6-7-10-32-18-9-8-14(11-16(18)22(23,24)25)19-28-20(33-29-19)17-12-15(31)13-30(17)21(26)27/h8-9,11,15,17,31H,2-7,10,12-13H2,1H3,(H3,26,27). The quantitative estimate of drug-likeness (QED) is 0.266. The average molecular weight is 470 g/mol. The van der Waals surface area contributed by atoms with Crippen molar-refractivity contribution in [3.8, 4) is 17.1 Å². The van der Waals surface area contributed by atoms with Gasteiger partial charge in [0, 0.05) is 18.5 Å². The van der Waals surface area contributed by atoms with Crippen LogP contribution >= 0.6 is 0 Å². The van der Waals surface area contributed by atoms with Gasteiger partial charge in [-0.05, 0) is 24.6 Å². The molecule has 1 fully saturated rings. The third kappa shape index (κ3) is 6.37. The molecular weight excluding hydrogens is 439 g/mol. The van der Waals surface area contributed by atoms with Crippen LogP contribution in [0.25, 0.3) is 11.4 Å². The van der Waals surface area contributed by atoms with Crippen molar-refractivity contribution in [3.05, 3.63) is 29.7 Å². The number of likely N-dealkylation sites (tertiary alicyclic amines) is 1. The van der Waals surface area contributed by atoms with Crippen LogP contribution < -0.4 is 10.5 Å². The molecular formula is C22H30F3N5O3. The van der Waals surface area contributed by atoms with Gasteiger partial charge in [-0.15, -0.1) is 0 Å². The molecule has 2 unspecified atom stereocenters. The van der Waals surface area contributed by atoms with Gasteiger partial charge in [0.2, 0.25) is 11.7 Å². The highest BCUT2D eigenvalue weighted by Crippen LogP contribution is 2.39. The Balaban J connectivity index is 1.72. The fourth-order valence-corrected chi connectivity index (χ4v) is 3.88. The molecule has 0 spiro atoms. The van der Waals surface area contributed by atoms with E-state index in [0.29, 0.717) is 6.42 Å². The van der Waals surface area contributed by atoms with Crippen molar-refractivity contribution in [1.82, 2.24) is 15.0 Å². The molecule has 2 heterocycles. The van der Waals surface area contributed by atoms with Crippen molar-refractivity contribution in [2.75, 3.05) is 13.2 Å². The minimum atomic E-state index is -4.61. The van der Waals surface area contributed by atoms with Crippen molar-refractivity contribution >= 4 is 5.96 Å². The number of unbranched alkanes of at least 4 members (excludes halogenated alkanes) is 5. The molecule has 0 saturated carbocycles. The predicted molar refractivity (Wildman–Crippen MR) is 116 cm³/mol. The number of hydrogen-bond donors (Lipinski definition) is 3. The number of aliphatic hydroxyl groups excluding tert-OH is 1. The van der Waals surface area contributed by atoms with E-state index in [9.17, 15) is 18.3 Å². The van der Waals surface area contributed by atoms with E-state index in [-0.39, 0.29) is 48.6 Å². The highest BCUT2D eigenvalue weighted by molar-refractivity contribution is 5.75. The number of nitrogens with one attached hydrogen (secondary N) is 1. The molecule has 1 aromatic heterocycles. The van der Waals surface area contributed by atoms with Crippen LogP contribution in [0.1, 0.15) is 69.4 Å². The first kappa shape index (κ1) is 24.8. The predicted octanol–water partition coefficient (Wildman–Crippen LogP) is 4.50. The summed E-state index contributed by atoms with van der Waals surface area (Å²) in [4.78, 5) is 5.61. The van der Waals surface area contributed by atoms with Crippen LogP contribution in [0, 0.1) is 5.41 Å². The third-order valence-electron chi connectivity index (χ3n) is 5.61. The van der Waals surface area contributed by atoms with Gasteiger partial charge in [-0.25, -0.2) is 0 Å². The van der Waals surface area contributed by atoms with E-state index >= 15 is 0 Å². The molecule has 182 valence electrons. The lowest BCUT2D eigenvalue weighted by Gasteiger charge is -2.20. The number of aliphatic hydroxyl groups is 1. The van der Waals surface area contributed by atoms with E-state index < -0.39 is 23.9 Å². The summed E-state index contributed by atoms with van der Waals surface area (Å²) in [6.07, 6.45) is 0.949. The Labute approximate surface area is 190 Å². The first-order valence-corrected chi connectivity index (χ1v) is 11.2. The summed E-state index contributed by atoms with van der Waals surface area (Å²) in [6.45, 7) is 2.48. The van der Waals surface area contributed by atoms with Crippen LogP contribution in [0.5, 0.6) is 5.75 Å². The maximum Gasteiger partial charge on any atom is 0.419 e. The molecule has 8 nitrogen and oxygen atoms in total. The van der Waals surface area contributed by atoms with Crippen molar-refractivity contribution in [2.45, 2.75) is 70.2 Å². The number of guanidine groups is 1. The van der Waals surface area contributed by atoms with Crippen LogP contribution in [0.15, 0.2) is 22.7 Å². The SMILES string of the molecule is CCCCCCCCOc1ccc(-c2noc(C3CC(O)CN3C(=N)N)n2)cc1C(F)(F)F. The van der Waals surface area contributed by atoms with Crippen LogP contribution in [-0.4, -0.2) is 45.4 Å². The Morgan fingerprint density at radius 2 is 2.00 bits per heavy atom. The first-order valence-electron chi connectivity index (χ1n) is 11.2. The second-order valence-electron chi connectivity index (χ2n) is 8.22. The van der Waals surface area contributed by atoms with Crippen LogP contribution in [0.4, 0.5) is 13.2 Å². The van der Waals surface area contributed by atoms with Crippen molar-refractivity contribution < 1.29 is 27.5 Å². The molecule has 1 aliphatic rings. The molecule has 1 saturated heterocycles. The zero-order valence-electron chi connectivity index (χ0n) is 18.6. The maximum absolute atomic E-state index is 13.7. The lowest BCUT2D eigenvalue weighted by molar-refractivity contribution is -0.138. The van der Waals surface area contributed by atoms with Gasteiger partial charge in [-0.3, -0.25) is 5.41 Å². The van der Waals surface area contributed by atoms with Crippen LogP contribution in [0.2, 0.25) is 0 Å². The summed E-state index contributed by atoms with van der Waals surface area (Å²) >= 11 is 0. The van der Waals surface area contributed by atoms with Gasteiger partial charge in [0.25, 0.3) is 0 Å².